The normalized spacial score (nSPS) is 26.1. The van der Waals surface area contributed by atoms with Crippen LogP contribution in [-0.2, 0) is 4.74 Å². The highest BCUT2D eigenvalue weighted by molar-refractivity contribution is 5.02. The minimum absolute atomic E-state index is 0.00868. The van der Waals surface area contributed by atoms with Gasteiger partial charge in [-0.25, -0.2) is 4.79 Å². The van der Waals surface area contributed by atoms with E-state index in [1.54, 1.807) is 6.92 Å². The predicted molar refractivity (Wildman–Crippen MR) is 64.6 cm³/mol. The summed E-state index contributed by atoms with van der Waals surface area (Å²) in [6, 6.07) is 0. The van der Waals surface area contributed by atoms with Gasteiger partial charge < -0.3 is 9.84 Å². The molecule has 1 saturated heterocycles. The van der Waals surface area contributed by atoms with Crippen molar-refractivity contribution < 1.29 is 9.84 Å². The van der Waals surface area contributed by atoms with Crippen LogP contribution < -0.4 is 11.2 Å². The molecule has 0 aromatic carbocycles. The molecule has 19 heavy (non-hydrogen) atoms. The first kappa shape index (κ1) is 13.3. The van der Waals surface area contributed by atoms with Crippen molar-refractivity contribution in [3.8, 4) is 0 Å². The van der Waals surface area contributed by atoms with E-state index in [4.69, 9.17) is 10.3 Å². The lowest BCUT2D eigenvalue weighted by Gasteiger charge is -2.14. The lowest BCUT2D eigenvalue weighted by Crippen LogP contribution is -2.33. The summed E-state index contributed by atoms with van der Waals surface area (Å²) in [7, 11) is 0. The molecule has 0 amide bonds. The van der Waals surface area contributed by atoms with E-state index < -0.39 is 29.7 Å². The van der Waals surface area contributed by atoms with Gasteiger partial charge in [0.15, 0.2) is 0 Å². The zero-order valence-electron chi connectivity index (χ0n) is 10.2. The van der Waals surface area contributed by atoms with Crippen molar-refractivity contribution in [3.05, 3.63) is 43.0 Å². The number of ether oxygens (including phenoxy) is 1. The SMILES string of the molecule is Cc1cn(C2CC(O)C(CN=[N+]=[N-])O2)c(=O)[nH]c1=O. The van der Waals surface area contributed by atoms with Crippen LogP contribution in [0.25, 0.3) is 10.4 Å². The van der Waals surface area contributed by atoms with Gasteiger partial charge >= 0.3 is 5.69 Å². The van der Waals surface area contributed by atoms with E-state index in [1.165, 1.54) is 10.8 Å². The van der Waals surface area contributed by atoms with Crippen LogP contribution in [0.5, 0.6) is 0 Å². The number of aromatic nitrogens is 2. The van der Waals surface area contributed by atoms with E-state index in [0.717, 1.165) is 0 Å². The molecule has 1 fully saturated rings. The topological polar surface area (TPSA) is 133 Å². The maximum atomic E-state index is 11.7. The van der Waals surface area contributed by atoms with Crippen LogP contribution in [0, 0.1) is 6.92 Å². The molecular formula is C10H13N5O4. The van der Waals surface area contributed by atoms with Crippen molar-refractivity contribution in [1.82, 2.24) is 9.55 Å². The largest absolute Gasteiger partial charge is 0.390 e. The van der Waals surface area contributed by atoms with Gasteiger partial charge in [0.1, 0.15) is 6.23 Å². The number of aliphatic hydroxyl groups excluding tert-OH is 1. The van der Waals surface area contributed by atoms with Crippen molar-refractivity contribution in [2.24, 2.45) is 5.11 Å². The molecule has 0 spiro atoms. The summed E-state index contributed by atoms with van der Waals surface area (Å²) in [5.74, 6) is 0. The van der Waals surface area contributed by atoms with Gasteiger partial charge in [0.25, 0.3) is 5.56 Å². The number of H-pyrrole nitrogens is 1. The third kappa shape index (κ3) is 2.68. The fourth-order valence-electron chi connectivity index (χ4n) is 1.97. The molecule has 0 radical (unpaired) electrons. The van der Waals surface area contributed by atoms with E-state index in [-0.39, 0.29) is 13.0 Å². The van der Waals surface area contributed by atoms with Gasteiger partial charge in [-0.2, -0.15) is 0 Å². The molecule has 1 aliphatic heterocycles. The van der Waals surface area contributed by atoms with Crippen LogP contribution in [0.4, 0.5) is 0 Å². The number of aryl methyl sites for hydroxylation is 1. The van der Waals surface area contributed by atoms with Crippen LogP contribution in [0.1, 0.15) is 18.2 Å². The summed E-state index contributed by atoms with van der Waals surface area (Å²) in [6.45, 7) is 1.56. The molecule has 1 aliphatic rings. The lowest BCUT2D eigenvalue weighted by atomic mass is 10.2. The second-order valence-corrected chi connectivity index (χ2v) is 4.32. The Morgan fingerprint density at radius 3 is 3.11 bits per heavy atom. The van der Waals surface area contributed by atoms with Gasteiger partial charge in [0.2, 0.25) is 0 Å². The fourth-order valence-corrected chi connectivity index (χ4v) is 1.97. The second-order valence-electron chi connectivity index (χ2n) is 4.32. The average Bonchev–Trinajstić information content (AvgIpc) is 2.72. The number of aromatic amines is 1. The lowest BCUT2D eigenvalue weighted by molar-refractivity contribution is -0.0151. The molecule has 3 atom stereocenters. The third-order valence-corrected chi connectivity index (χ3v) is 2.99. The Hall–Kier alpha value is -2.09. The summed E-state index contributed by atoms with van der Waals surface area (Å²) < 4.78 is 6.68. The Morgan fingerprint density at radius 1 is 1.68 bits per heavy atom. The summed E-state index contributed by atoms with van der Waals surface area (Å²) >= 11 is 0. The molecule has 2 heterocycles. The van der Waals surface area contributed by atoms with Gasteiger partial charge in [-0.3, -0.25) is 14.3 Å². The average molecular weight is 267 g/mol. The maximum Gasteiger partial charge on any atom is 0.330 e. The first-order valence-electron chi connectivity index (χ1n) is 5.69. The van der Waals surface area contributed by atoms with Gasteiger partial charge in [0, 0.05) is 23.1 Å². The van der Waals surface area contributed by atoms with Crippen LogP contribution >= 0.6 is 0 Å². The molecule has 2 rings (SSSR count). The summed E-state index contributed by atoms with van der Waals surface area (Å²) in [6.07, 6.45) is -0.586. The number of rotatable bonds is 3. The smallest absolute Gasteiger partial charge is 0.330 e. The minimum atomic E-state index is -0.824. The van der Waals surface area contributed by atoms with Gasteiger partial charge in [-0.1, -0.05) is 5.11 Å². The van der Waals surface area contributed by atoms with Crippen LogP contribution in [0.2, 0.25) is 0 Å². The molecule has 0 saturated carbocycles. The monoisotopic (exact) mass is 267 g/mol. The molecule has 0 aliphatic carbocycles. The van der Waals surface area contributed by atoms with E-state index in [1.807, 2.05) is 0 Å². The highest BCUT2D eigenvalue weighted by atomic mass is 16.5. The Balaban J connectivity index is 2.25. The zero-order chi connectivity index (χ0) is 14.0. The van der Waals surface area contributed by atoms with Crippen LogP contribution in [0.3, 0.4) is 0 Å². The van der Waals surface area contributed by atoms with E-state index in [0.29, 0.717) is 5.56 Å². The van der Waals surface area contributed by atoms with Crippen LogP contribution in [0.15, 0.2) is 20.9 Å². The molecule has 0 bridgehead atoms. The molecule has 3 unspecified atom stereocenters. The highest BCUT2D eigenvalue weighted by Gasteiger charge is 2.34. The quantitative estimate of drug-likeness (QED) is 0.445. The molecule has 2 N–H and O–H groups in total. The predicted octanol–water partition coefficient (Wildman–Crippen LogP) is -0.196. The second kappa shape index (κ2) is 5.27. The Labute approximate surface area is 107 Å². The molecule has 102 valence electrons. The number of nitrogens with one attached hydrogen (secondary N) is 1. The molecule has 1 aromatic rings. The number of nitrogens with zero attached hydrogens (tertiary/aromatic N) is 4. The number of hydrogen-bond donors (Lipinski definition) is 2. The highest BCUT2D eigenvalue weighted by Crippen LogP contribution is 2.27. The molecule has 1 aromatic heterocycles. The van der Waals surface area contributed by atoms with Gasteiger partial charge in [-0.15, -0.1) is 0 Å². The van der Waals surface area contributed by atoms with Crippen molar-refractivity contribution in [2.45, 2.75) is 31.8 Å². The fraction of sp³-hybridized carbons (Fsp3) is 0.600. The zero-order valence-corrected chi connectivity index (χ0v) is 10.2. The van der Waals surface area contributed by atoms with Gasteiger partial charge in [0.05, 0.1) is 18.8 Å². The van der Waals surface area contributed by atoms with Crippen molar-refractivity contribution >= 4 is 0 Å². The molecule has 9 heteroatoms. The maximum absolute atomic E-state index is 11.7. The number of aliphatic hydroxyl groups is 1. The number of azide groups is 1. The van der Waals surface area contributed by atoms with E-state index >= 15 is 0 Å². The standard InChI is InChI=1S/C10H13N5O4/c1-5-4-15(10(18)13-9(5)17)8-2-6(16)7(19-8)3-12-14-11/h4,6-8,16H,2-3H2,1H3,(H,13,17,18). The minimum Gasteiger partial charge on any atom is -0.390 e. The van der Waals surface area contributed by atoms with Crippen LogP contribution in [-0.4, -0.2) is 33.4 Å². The Bertz CT molecular complexity index is 630. The Morgan fingerprint density at radius 2 is 2.42 bits per heavy atom. The number of hydrogen-bond acceptors (Lipinski definition) is 5. The molecular weight excluding hydrogens is 254 g/mol. The summed E-state index contributed by atoms with van der Waals surface area (Å²) in [5.41, 5.74) is 7.55. The molecule has 9 nitrogen and oxygen atoms in total. The van der Waals surface area contributed by atoms with Crippen molar-refractivity contribution in [3.63, 3.8) is 0 Å². The van der Waals surface area contributed by atoms with Gasteiger partial charge in [-0.05, 0) is 12.5 Å². The van der Waals surface area contributed by atoms with E-state index in [2.05, 4.69) is 15.0 Å². The van der Waals surface area contributed by atoms with Crippen molar-refractivity contribution in [2.75, 3.05) is 6.54 Å². The Kier molecular flexibility index (Phi) is 3.70. The summed E-state index contributed by atoms with van der Waals surface area (Å²) in [5, 5.41) is 13.1. The first-order valence-corrected chi connectivity index (χ1v) is 5.69. The van der Waals surface area contributed by atoms with Crippen molar-refractivity contribution in [1.29, 1.82) is 0 Å². The van der Waals surface area contributed by atoms with E-state index in [9.17, 15) is 14.7 Å². The third-order valence-electron chi connectivity index (χ3n) is 2.99. The first-order chi connectivity index (χ1) is 9.02. The summed E-state index contributed by atoms with van der Waals surface area (Å²) in [4.78, 5) is 27.7.